The van der Waals surface area contributed by atoms with Gasteiger partial charge in [-0.2, -0.15) is 0 Å². The van der Waals surface area contributed by atoms with Gasteiger partial charge in [0, 0.05) is 0 Å². The van der Waals surface area contributed by atoms with E-state index in [9.17, 15) is 14.4 Å². The second-order valence-corrected chi connectivity index (χ2v) is 2.93. The van der Waals surface area contributed by atoms with E-state index < -0.39 is 37.8 Å². The Labute approximate surface area is 117 Å². The van der Waals surface area contributed by atoms with Crippen molar-refractivity contribution in [2.75, 3.05) is 13.2 Å². The molecule has 1 atom stereocenters. The molecular weight excluding hydrogens is 296 g/mol. The molecular formula is C10H12O11. The van der Waals surface area contributed by atoms with Gasteiger partial charge in [0.25, 0.3) is 0 Å². The summed E-state index contributed by atoms with van der Waals surface area (Å²) in [5, 5.41) is 24.8. The van der Waals surface area contributed by atoms with Crippen LogP contribution in [0, 0.1) is 0 Å². The molecule has 0 heterocycles. The van der Waals surface area contributed by atoms with Crippen molar-refractivity contribution < 1.29 is 53.4 Å². The van der Waals surface area contributed by atoms with Crippen molar-refractivity contribution in [3.8, 4) is 0 Å². The molecule has 0 aromatic rings. The Kier molecular flexibility index (Phi) is 9.18. The van der Waals surface area contributed by atoms with Gasteiger partial charge in [0.2, 0.25) is 0 Å². The van der Waals surface area contributed by atoms with Gasteiger partial charge in [-0.05, 0) is 0 Å². The van der Waals surface area contributed by atoms with E-state index in [2.05, 4.69) is 23.7 Å². The highest BCUT2D eigenvalue weighted by Gasteiger charge is 2.20. The minimum Gasteiger partial charge on any atom is -0.512 e. The lowest BCUT2D eigenvalue weighted by molar-refractivity contribution is -0.0300. The number of aliphatic hydroxyl groups is 2. The Balaban J connectivity index is 4.33. The van der Waals surface area contributed by atoms with Gasteiger partial charge in [-0.1, -0.05) is 0 Å². The standard InChI is InChI=1S/C10H12O11/c11-1-3-17-9(15)20-6-7(5-19-8(13)14)21-10(16)18-4-2-12/h1-4,7,11-12H,5-6H2,(H,13,14)/b3-1-,4-2-. The Morgan fingerprint density at radius 3 is 1.95 bits per heavy atom. The molecule has 0 amide bonds. The van der Waals surface area contributed by atoms with Crippen molar-refractivity contribution in [1.82, 2.24) is 0 Å². The maximum absolute atomic E-state index is 11.0. The molecule has 0 aromatic carbocycles. The van der Waals surface area contributed by atoms with E-state index in [4.69, 9.17) is 15.3 Å². The van der Waals surface area contributed by atoms with Crippen molar-refractivity contribution in [3.05, 3.63) is 25.0 Å². The number of rotatable bonds is 7. The summed E-state index contributed by atoms with van der Waals surface area (Å²) < 4.78 is 21.5. The van der Waals surface area contributed by atoms with Crippen LogP contribution in [0.2, 0.25) is 0 Å². The minimum absolute atomic E-state index is 0.416. The summed E-state index contributed by atoms with van der Waals surface area (Å²) in [5.41, 5.74) is 0. The Morgan fingerprint density at radius 2 is 1.43 bits per heavy atom. The molecule has 0 spiro atoms. The van der Waals surface area contributed by atoms with Crippen LogP contribution in [-0.4, -0.2) is 53.1 Å². The number of carboxylic acid groups (broad SMARTS) is 1. The van der Waals surface area contributed by atoms with Crippen LogP contribution in [0.15, 0.2) is 25.0 Å². The Bertz CT molecular complexity index is 400. The number of carbonyl (C=O) groups is 3. The van der Waals surface area contributed by atoms with Gasteiger partial charge < -0.3 is 39.0 Å². The quantitative estimate of drug-likeness (QED) is 0.354. The van der Waals surface area contributed by atoms with Crippen molar-refractivity contribution in [3.63, 3.8) is 0 Å². The van der Waals surface area contributed by atoms with Crippen LogP contribution in [0.3, 0.4) is 0 Å². The summed E-state index contributed by atoms with van der Waals surface area (Å²) in [6.07, 6.45) is -3.44. The third-order valence-electron chi connectivity index (χ3n) is 1.49. The van der Waals surface area contributed by atoms with Gasteiger partial charge >= 0.3 is 18.5 Å². The smallest absolute Gasteiger partial charge is 0.512 e. The molecule has 0 aromatic heterocycles. The minimum atomic E-state index is -1.64. The van der Waals surface area contributed by atoms with E-state index in [-0.39, 0.29) is 0 Å². The first-order chi connectivity index (χ1) is 9.99. The van der Waals surface area contributed by atoms with Crippen LogP contribution < -0.4 is 0 Å². The van der Waals surface area contributed by atoms with Gasteiger partial charge in [0.05, 0.1) is 0 Å². The summed E-state index contributed by atoms with van der Waals surface area (Å²) >= 11 is 0. The van der Waals surface area contributed by atoms with Crippen molar-refractivity contribution >= 4 is 18.5 Å². The lowest BCUT2D eigenvalue weighted by atomic mass is 10.4. The van der Waals surface area contributed by atoms with Crippen LogP contribution in [0.4, 0.5) is 14.4 Å². The fraction of sp³-hybridized carbons (Fsp3) is 0.300. The van der Waals surface area contributed by atoms with Gasteiger partial charge in [0.1, 0.15) is 38.3 Å². The zero-order valence-corrected chi connectivity index (χ0v) is 10.4. The maximum Gasteiger partial charge on any atom is 0.513 e. The third-order valence-corrected chi connectivity index (χ3v) is 1.49. The fourth-order valence-corrected chi connectivity index (χ4v) is 0.811. The van der Waals surface area contributed by atoms with E-state index in [1.807, 2.05) is 0 Å². The molecule has 21 heavy (non-hydrogen) atoms. The van der Waals surface area contributed by atoms with E-state index in [0.29, 0.717) is 25.0 Å². The Morgan fingerprint density at radius 1 is 0.905 bits per heavy atom. The molecule has 0 radical (unpaired) electrons. The lowest BCUT2D eigenvalue weighted by Crippen LogP contribution is -2.30. The van der Waals surface area contributed by atoms with Crippen LogP contribution in [0.5, 0.6) is 0 Å². The molecule has 118 valence electrons. The SMILES string of the molecule is O=C(O)OCC(COC(=O)O/C=C\O)OC(=O)O/C=C\O. The number of carbonyl (C=O) groups excluding carboxylic acids is 2. The van der Waals surface area contributed by atoms with E-state index in [1.54, 1.807) is 0 Å². The van der Waals surface area contributed by atoms with Crippen LogP contribution in [0.25, 0.3) is 0 Å². The molecule has 0 aliphatic heterocycles. The highest BCUT2D eigenvalue weighted by molar-refractivity contribution is 5.62. The van der Waals surface area contributed by atoms with Crippen molar-refractivity contribution in [2.24, 2.45) is 0 Å². The average molecular weight is 308 g/mol. The molecule has 1 unspecified atom stereocenters. The third kappa shape index (κ3) is 10.5. The van der Waals surface area contributed by atoms with Crippen LogP contribution >= 0.6 is 0 Å². The predicted octanol–water partition coefficient (Wildman–Crippen LogP) is 1.41. The monoisotopic (exact) mass is 308 g/mol. The number of hydrogen-bond acceptors (Lipinski definition) is 10. The highest BCUT2D eigenvalue weighted by atomic mass is 16.8. The molecule has 0 aliphatic carbocycles. The normalized spacial score (nSPS) is 11.8. The maximum atomic E-state index is 11.0. The topological polar surface area (TPSA) is 158 Å². The summed E-state index contributed by atoms with van der Waals surface area (Å²) in [6.45, 7) is -1.25. The molecule has 0 saturated carbocycles. The van der Waals surface area contributed by atoms with Crippen molar-refractivity contribution in [1.29, 1.82) is 0 Å². The second kappa shape index (κ2) is 10.8. The largest absolute Gasteiger partial charge is 0.513 e. The number of hydrogen-bond donors (Lipinski definition) is 3. The first-order valence-electron chi connectivity index (χ1n) is 5.14. The Hall–Kier alpha value is -3.11. The molecule has 0 aliphatic rings. The second-order valence-electron chi connectivity index (χ2n) is 2.93. The molecule has 0 rings (SSSR count). The lowest BCUT2D eigenvalue weighted by Gasteiger charge is -2.15. The number of ether oxygens (including phenoxy) is 5. The molecule has 0 saturated heterocycles. The summed E-state index contributed by atoms with van der Waals surface area (Å²) in [4.78, 5) is 32.2. The van der Waals surface area contributed by atoms with Crippen LogP contribution in [-0.2, 0) is 23.7 Å². The summed E-state index contributed by atoms with van der Waals surface area (Å²) in [7, 11) is 0. The summed E-state index contributed by atoms with van der Waals surface area (Å²) in [5.74, 6) is 0. The van der Waals surface area contributed by atoms with Crippen molar-refractivity contribution in [2.45, 2.75) is 6.10 Å². The van der Waals surface area contributed by atoms with E-state index >= 15 is 0 Å². The van der Waals surface area contributed by atoms with Gasteiger partial charge in [0.15, 0.2) is 6.10 Å². The highest BCUT2D eigenvalue weighted by Crippen LogP contribution is 2.01. The molecule has 11 nitrogen and oxygen atoms in total. The molecule has 11 heteroatoms. The average Bonchev–Trinajstić information content (AvgIpc) is 2.45. The van der Waals surface area contributed by atoms with E-state index in [0.717, 1.165) is 0 Å². The molecule has 0 fully saturated rings. The van der Waals surface area contributed by atoms with E-state index in [1.165, 1.54) is 0 Å². The number of aliphatic hydroxyl groups excluding tert-OH is 2. The molecule has 3 N–H and O–H groups in total. The fourth-order valence-electron chi connectivity index (χ4n) is 0.811. The first-order valence-corrected chi connectivity index (χ1v) is 5.14. The zero-order valence-electron chi connectivity index (χ0n) is 10.4. The van der Waals surface area contributed by atoms with Gasteiger partial charge in [-0.3, -0.25) is 0 Å². The van der Waals surface area contributed by atoms with Crippen LogP contribution in [0.1, 0.15) is 0 Å². The summed E-state index contributed by atoms with van der Waals surface area (Å²) in [6, 6.07) is 0. The predicted molar refractivity (Wildman–Crippen MR) is 61.3 cm³/mol. The van der Waals surface area contributed by atoms with Gasteiger partial charge in [-0.15, -0.1) is 0 Å². The zero-order chi connectivity index (χ0) is 16.1. The first kappa shape index (κ1) is 17.9. The van der Waals surface area contributed by atoms with Gasteiger partial charge in [-0.25, -0.2) is 14.4 Å². The molecule has 0 bridgehead atoms.